The second-order valence-electron chi connectivity index (χ2n) is 12.0. The van der Waals surface area contributed by atoms with E-state index >= 15 is 0 Å². The predicted molar refractivity (Wildman–Crippen MR) is 149 cm³/mol. The number of benzene rings is 1. The van der Waals surface area contributed by atoms with Gasteiger partial charge in [0.15, 0.2) is 23.2 Å². The lowest BCUT2D eigenvalue weighted by Gasteiger charge is -2.30. The summed E-state index contributed by atoms with van der Waals surface area (Å²) in [6, 6.07) is 3.29. The molecule has 1 heterocycles. The number of aromatic nitrogens is 2. The van der Waals surface area contributed by atoms with Crippen molar-refractivity contribution in [2.75, 3.05) is 9.80 Å². The van der Waals surface area contributed by atoms with Crippen molar-refractivity contribution in [1.82, 2.24) is 15.4 Å². The topological polar surface area (TPSA) is 167 Å². The summed E-state index contributed by atoms with van der Waals surface area (Å²) in [5.41, 5.74) is -3.48. The van der Waals surface area contributed by atoms with E-state index in [4.69, 9.17) is 19.6 Å². The number of nitrogens with zero attached hydrogens (tertiary/aromatic N) is 4. The molecule has 0 aliphatic rings. The molecule has 0 saturated carbocycles. The van der Waals surface area contributed by atoms with Crippen LogP contribution in [0, 0.1) is 5.41 Å². The molecule has 0 atom stereocenters. The Morgan fingerprint density at radius 2 is 1.26 bits per heavy atom. The molecule has 3 amide bonds. The quantitative estimate of drug-likeness (QED) is 0.149. The van der Waals surface area contributed by atoms with Gasteiger partial charge in [0, 0.05) is 0 Å². The Kier molecular flexibility index (Phi) is 10.0. The van der Waals surface area contributed by atoms with Gasteiger partial charge in [0.05, 0.1) is 17.4 Å². The molecule has 2 aromatic rings. The van der Waals surface area contributed by atoms with E-state index in [1.165, 1.54) is 20.8 Å². The molecule has 0 bridgehead atoms. The number of imide groups is 1. The number of ether oxygens (including phenoxy) is 3. The van der Waals surface area contributed by atoms with E-state index in [0.29, 0.717) is 21.9 Å². The largest absolute Gasteiger partial charge is 0.443 e. The third-order valence-corrected chi connectivity index (χ3v) is 4.71. The predicted octanol–water partition coefficient (Wildman–Crippen LogP) is 6.55. The number of amidine groups is 1. The van der Waals surface area contributed by atoms with Crippen LogP contribution < -0.4 is 15.3 Å². The molecule has 0 fully saturated rings. The Hall–Kier alpha value is -4.47. The number of carbonyl (C=O) groups is 3. The van der Waals surface area contributed by atoms with Gasteiger partial charge in [-0.15, -0.1) is 0 Å². The number of nitrogens with one attached hydrogen (secondary N) is 2. The molecular formula is C27H35F3N6O7. The number of hydroxylamine groups is 1. The number of rotatable bonds is 4. The van der Waals surface area contributed by atoms with Gasteiger partial charge in [-0.05, 0) is 86.6 Å². The number of anilines is 3. The van der Waals surface area contributed by atoms with Gasteiger partial charge in [-0.25, -0.2) is 29.3 Å². The molecule has 1 aromatic heterocycles. The fourth-order valence-electron chi connectivity index (χ4n) is 3.16. The molecular weight excluding hydrogens is 577 g/mol. The summed E-state index contributed by atoms with van der Waals surface area (Å²) < 4.78 is 56.0. The van der Waals surface area contributed by atoms with E-state index in [0.717, 1.165) is 18.3 Å². The van der Waals surface area contributed by atoms with Crippen molar-refractivity contribution in [3.8, 4) is 0 Å². The molecule has 0 aliphatic heterocycles. The van der Waals surface area contributed by atoms with Gasteiger partial charge < -0.3 is 14.2 Å². The summed E-state index contributed by atoms with van der Waals surface area (Å²) in [5, 5.41) is 17.6. The maximum Gasteiger partial charge on any atom is 0.425 e. The van der Waals surface area contributed by atoms with Gasteiger partial charge >= 0.3 is 24.5 Å². The average molecular weight is 613 g/mol. The van der Waals surface area contributed by atoms with Crippen LogP contribution in [-0.2, 0) is 20.4 Å². The van der Waals surface area contributed by atoms with Crippen molar-refractivity contribution < 1.29 is 47.0 Å². The molecule has 0 spiro atoms. The van der Waals surface area contributed by atoms with E-state index in [1.54, 1.807) is 47.0 Å². The monoisotopic (exact) mass is 612 g/mol. The van der Waals surface area contributed by atoms with Crippen LogP contribution in [0.15, 0.2) is 30.5 Å². The van der Waals surface area contributed by atoms with E-state index in [-0.39, 0.29) is 5.69 Å². The highest BCUT2D eigenvalue weighted by molar-refractivity contribution is 6.10. The SMILES string of the molecule is CC(C)(C)OC(=O)N(C(=O)OC(C)(C)C)c1cnc(C(=N)NO)c(N(C(=O)OC(C)(C)C)c2ccc(C(F)(F)F)cc2)n1. The van der Waals surface area contributed by atoms with Gasteiger partial charge in [-0.1, -0.05) is 0 Å². The minimum Gasteiger partial charge on any atom is -0.443 e. The summed E-state index contributed by atoms with van der Waals surface area (Å²) in [6.45, 7) is 13.9. The lowest BCUT2D eigenvalue weighted by Crippen LogP contribution is -2.44. The Morgan fingerprint density at radius 3 is 1.65 bits per heavy atom. The van der Waals surface area contributed by atoms with Crippen LogP contribution in [0.1, 0.15) is 73.6 Å². The first-order chi connectivity index (χ1) is 19.4. The summed E-state index contributed by atoms with van der Waals surface area (Å²) >= 11 is 0. The summed E-state index contributed by atoms with van der Waals surface area (Å²) in [4.78, 5) is 49.2. The first-order valence-electron chi connectivity index (χ1n) is 12.8. The van der Waals surface area contributed by atoms with Crippen LogP contribution in [0.5, 0.6) is 0 Å². The fourth-order valence-corrected chi connectivity index (χ4v) is 3.16. The normalized spacial score (nSPS) is 12.2. The first-order valence-corrected chi connectivity index (χ1v) is 12.8. The van der Waals surface area contributed by atoms with Crippen LogP contribution in [0.2, 0.25) is 0 Å². The second kappa shape index (κ2) is 12.4. The molecule has 43 heavy (non-hydrogen) atoms. The summed E-state index contributed by atoms with van der Waals surface area (Å²) in [6.07, 6.45) is -7.46. The summed E-state index contributed by atoms with van der Waals surface area (Å²) in [5.74, 6) is -1.95. The highest BCUT2D eigenvalue weighted by atomic mass is 19.4. The fraction of sp³-hybridized carbons (Fsp3) is 0.481. The number of hydrogen-bond acceptors (Lipinski definition) is 10. The van der Waals surface area contributed by atoms with E-state index in [1.807, 2.05) is 0 Å². The highest BCUT2D eigenvalue weighted by Gasteiger charge is 2.37. The smallest absolute Gasteiger partial charge is 0.425 e. The molecule has 0 unspecified atom stereocenters. The van der Waals surface area contributed by atoms with Crippen molar-refractivity contribution in [3.05, 3.63) is 41.7 Å². The second-order valence-corrected chi connectivity index (χ2v) is 12.0. The molecule has 1 aromatic carbocycles. The zero-order valence-corrected chi connectivity index (χ0v) is 25.2. The van der Waals surface area contributed by atoms with Gasteiger partial charge in [0.2, 0.25) is 0 Å². The zero-order chi connectivity index (χ0) is 33.1. The number of hydrogen-bond donors (Lipinski definition) is 3. The molecule has 3 N–H and O–H groups in total. The van der Waals surface area contributed by atoms with Gasteiger partial charge in [0.1, 0.15) is 16.8 Å². The van der Waals surface area contributed by atoms with Gasteiger partial charge in [-0.2, -0.15) is 18.1 Å². The van der Waals surface area contributed by atoms with E-state index in [9.17, 15) is 32.8 Å². The number of alkyl halides is 3. The molecule has 236 valence electrons. The Bertz CT molecular complexity index is 1330. The van der Waals surface area contributed by atoms with Crippen molar-refractivity contribution in [2.24, 2.45) is 0 Å². The van der Waals surface area contributed by atoms with Crippen molar-refractivity contribution in [3.63, 3.8) is 0 Å². The van der Waals surface area contributed by atoms with Gasteiger partial charge in [-0.3, -0.25) is 16.1 Å². The maximum absolute atomic E-state index is 13.5. The molecule has 13 nitrogen and oxygen atoms in total. The lowest BCUT2D eigenvalue weighted by atomic mass is 10.2. The van der Waals surface area contributed by atoms with Gasteiger partial charge in [0.25, 0.3) is 0 Å². The van der Waals surface area contributed by atoms with E-state index < -0.39 is 70.0 Å². The van der Waals surface area contributed by atoms with Crippen LogP contribution in [-0.4, -0.2) is 56.1 Å². The van der Waals surface area contributed by atoms with Crippen LogP contribution >= 0.6 is 0 Å². The molecule has 16 heteroatoms. The van der Waals surface area contributed by atoms with Crippen molar-refractivity contribution in [2.45, 2.75) is 85.3 Å². The Morgan fingerprint density at radius 1 is 0.814 bits per heavy atom. The van der Waals surface area contributed by atoms with E-state index in [2.05, 4.69) is 9.97 Å². The standard InChI is InChI=1S/C27H35F3N6O7/c1-24(2,3)41-21(37)35(16-12-10-15(11-13-16)27(28,29)30)20-18(19(31)34-40)32-14-17(33-20)36(22(38)42-25(4,5)6)23(39)43-26(7,8)9/h10-14,40H,1-9H3,(H2,31,34). The highest BCUT2D eigenvalue weighted by Crippen LogP contribution is 2.34. The van der Waals surface area contributed by atoms with Crippen molar-refractivity contribution >= 4 is 41.4 Å². The number of carbonyl (C=O) groups excluding carboxylic acids is 3. The lowest BCUT2D eigenvalue weighted by molar-refractivity contribution is -0.137. The third kappa shape index (κ3) is 9.80. The van der Waals surface area contributed by atoms with Crippen LogP contribution in [0.3, 0.4) is 0 Å². The van der Waals surface area contributed by atoms with Crippen LogP contribution in [0.25, 0.3) is 0 Å². The van der Waals surface area contributed by atoms with Crippen molar-refractivity contribution in [1.29, 1.82) is 5.41 Å². The zero-order valence-electron chi connectivity index (χ0n) is 25.2. The average Bonchev–Trinajstić information content (AvgIpc) is 2.80. The maximum atomic E-state index is 13.5. The summed E-state index contributed by atoms with van der Waals surface area (Å²) in [7, 11) is 0. The Labute approximate surface area is 246 Å². The molecule has 2 rings (SSSR count). The molecule has 0 saturated heterocycles. The molecule has 0 radical (unpaired) electrons. The number of amides is 3. The van der Waals surface area contributed by atoms with Crippen LogP contribution in [0.4, 0.5) is 44.9 Å². The Balaban J connectivity index is 2.90. The minimum atomic E-state index is -4.69. The number of halogens is 3. The minimum absolute atomic E-state index is 0.221. The molecule has 0 aliphatic carbocycles. The first kappa shape index (κ1) is 34.7. The third-order valence-electron chi connectivity index (χ3n) is 4.71.